The van der Waals surface area contributed by atoms with Crippen molar-refractivity contribution in [1.82, 2.24) is 9.88 Å². The molecular formula is C28H39N3O4. The molecule has 190 valence electrons. The monoisotopic (exact) mass is 481 g/mol. The van der Waals surface area contributed by atoms with Gasteiger partial charge in [0.05, 0.1) is 17.7 Å². The van der Waals surface area contributed by atoms with Crippen LogP contribution in [0, 0.1) is 6.92 Å². The third kappa shape index (κ3) is 6.77. The molecule has 1 amide bonds. The van der Waals surface area contributed by atoms with Crippen molar-refractivity contribution < 1.29 is 19.4 Å². The van der Waals surface area contributed by atoms with Gasteiger partial charge in [-0.25, -0.2) is 0 Å². The number of nitrogens with zero attached hydrogens (tertiary/aromatic N) is 1. The van der Waals surface area contributed by atoms with Crippen molar-refractivity contribution in [3.63, 3.8) is 0 Å². The zero-order valence-electron chi connectivity index (χ0n) is 21.4. The standard InChI is InChI=1S/C28H39N3O4/c1-5-21-8-9-25(26(18-21)34-6-2)35-13-10-30-19(3)14-22-16-23-15-20(4)31(11-7-12-32)27(23)24(17-22)28(29)33/h8-9,15-19,30,32H,5-7,10-14H2,1-4H3,(H2,29,33). The molecule has 0 saturated carbocycles. The molecule has 0 fully saturated rings. The Morgan fingerprint density at radius 1 is 1.11 bits per heavy atom. The fourth-order valence-corrected chi connectivity index (χ4v) is 4.48. The lowest BCUT2D eigenvalue weighted by Crippen LogP contribution is -2.32. The number of nitrogens with two attached hydrogens (primary N) is 1. The zero-order valence-corrected chi connectivity index (χ0v) is 21.4. The first-order valence-corrected chi connectivity index (χ1v) is 12.5. The molecule has 0 radical (unpaired) electrons. The second-order valence-corrected chi connectivity index (χ2v) is 8.94. The van der Waals surface area contributed by atoms with Crippen molar-refractivity contribution in [2.75, 3.05) is 26.4 Å². The van der Waals surface area contributed by atoms with Gasteiger partial charge < -0.3 is 30.2 Å². The quantitative estimate of drug-likeness (QED) is 0.302. The first kappa shape index (κ1) is 26.6. The Hall–Kier alpha value is -3.03. The molecule has 1 atom stereocenters. The Balaban J connectivity index is 1.63. The Labute approximate surface area is 208 Å². The van der Waals surface area contributed by atoms with Gasteiger partial charge in [-0.05, 0) is 81.5 Å². The zero-order chi connectivity index (χ0) is 25.4. The number of fused-ring (bicyclic) bond motifs is 1. The van der Waals surface area contributed by atoms with E-state index in [1.54, 1.807) is 0 Å². The average Bonchev–Trinajstić information content (AvgIpc) is 3.15. The number of hydrogen-bond donors (Lipinski definition) is 3. The van der Waals surface area contributed by atoms with Crippen LogP contribution in [0.3, 0.4) is 0 Å². The minimum atomic E-state index is -0.437. The molecule has 2 aromatic carbocycles. The highest BCUT2D eigenvalue weighted by molar-refractivity contribution is 6.05. The third-order valence-corrected chi connectivity index (χ3v) is 6.18. The molecule has 1 unspecified atom stereocenters. The summed E-state index contributed by atoms with van der Waals surface area (Å²) < 4.78 is 13.8. The molecule has 7 heteroatoms. The summed E-state index contributed by atoms with van der Waals surface area (Å²) in [6.45, 7) is 10.8. The number of aliphatic hydroxyl groups is 1. The fourth-order valence-electron chi connectivity index (χ4n) is 4.48. The van der Waals surface area contributed by atoms with Crippen LogP contribution in [0.4, 0.5) is 0 Å². The topological polar surface area (TPSA) is 98.7 Å². The summed E-state index contributed by atoms with van der Waals surface area (Å²) in [5.41, 5.74) is 10.4. The smallest absolute Gasteiger partial charge is 0.250 e. The lowest BCUT2D eigenvalue weighted by molar-refractivity contribution is 0.100. The molecular weight excluding hydrogens is 442 g/mol. The Morgan fingerprint density at radius 3 is 2.60 bits per heavy atom. The Kier molecular flexibility index (Phi) is 9.57. The second kappa shape index (κ2) is 12.6. The lowest BCUT2D eigenvalue weighted by atomic mass is 10.0. The minimum absolute atomic E-state index is 0.104. The Morgan fingerprint density at radius 2 is 1.91 bits per heavy atom. The highest BCUT2D eigenvalue weighted by Gasteiger charge is 2.16. The number of carbonyl (C=O) groups excluding carboxylic acids is 1. The maximum absolute atomic E-state index is 12.3. The SMILES string of the molecule is CCOc1cc(CC)ccc1OCCNC(C)Cc1cc(C(N)=O)c2c(c1)cc(C)n2CCCO. The van der Waals surface area contributed by atoms with E-state index in [0.717, 1.165) is 46.5 Å². The summed E-state index contributed by atoms with van der Waals surface area (Å²) >= 11 is 0. The van der Waals surface area contributed by atoms with Crippen LogP contribution in [0.15, 0.2) is 36.4 Å². The van der Waals surface area contributed by atoms with Crippen LogP contribution in [0.2, 0.25) is 0 Å². The van der Waals surface area contributed by atoms with Gasteiger partial charge in [-0.1, -0.05) is 13.0 Å². The molecule has 0 bridgehead atoms. The molecule has 0 spiro atoms. The van der Waals surface area contributed by atoms with Crippen molar-refractivity contribution >= 4 is 16.8 Å². The van der Waals surface area contributed by atoms with Crippen molar-refractivity contribution in [2.45, 2.75) is 59.5 Å². The summed E-state index contributed by atoms with van der Waals surface area (Å²) in [6.07, 6.45) is 2.34. The summed E-state index contributed by atoms with van der Waals surface area (Å²) in [5, 5.41) is 13.7. The molecule has 7 nitrogen and oxygen atoms in total. The molecule has 4 N–H and O–H groups in total. The Bertz CT molecular complexity index is 1140. The lowest BCUT2D eigenvalue weighted by Gasteiger charge is -2.17. The van der Waals surface area contributed by atoms with Gasteiger partial charge in [0.15, 0.2) is 11.5 Å². The summed E-state index contributed by atoms with van der Waals surface area (Å²) in [4.78, 5) is 12.3. The number of aromatic nitrogens is 1. The molecule has 0 saturated heterocycles. The molecule has 35 heavy (non-hydrogen) atoms. The normalized spacial score (nSPS) is 12.1. The predicted octanol–water partition coefficient (Wildman–Crippen LogP) is 3.99. The number of amides is 1. The van der Waals surface area contributed by atoms with Crippen LogP contribution in [0.5, 0.6) is 11.5 Å². The number of hydrogen-bond acceptors (Lipinski definition) is 5. The third-order valence-electron chi connectivity index (χ3n) is 6.18. The van der Waals surface area contributed by atoms with Crippen molar-refractivity contribution in [3.8, 4) is 11.5 Å². The number of carbonyl (C=O) groups is 1. The van der Waals surface area contributed by atoms with Crippen LogP contribution in [-0.2, 0) is 19.4 Å². The maximum atomic E-state index is 12.3. The molecule has 0 aliphatic rings. The van der Waals surface area contributed by atoms with E-state index in [1.165, 1.54) is 5.56 Å². The van der Waals surface area contributed by atoms with Gasteiger partial charge in [-0.15, -0.1) is 0 Å². The van der Waals surface area contributed by atoms with Crippen molar-refractivity contribution in [2.24, 2.45) is 5.73 Å². The van der Waals surface area contributed by atoms with Gasteiger partial charge in [-0.3, -0.25) is 4.79 Å². The summed E-state index contributed by atoms with van der Waals surface area (Å²) in [5.74, 6) is 1.11. The highest BCUT2D eigenvalue weighted by Crippen LogP contribution is 2.29. The molecule has 1 aromatic heterocycles. The van der Waals surface area contributed by atoms with E-state index in [2.05, 4.69) is 41.9 Å². The van der Waals surface area contributed by atoms with Crippen LogP contribution in [0.25, 0.3) is 10.9 Å². The van der Waals surface area contributed by atoms with Crippen LogP contribution >= 0.6 is 0 Å². The molecule has 3 rings (SSSR count). The van der Waals surface area contributed by atoms with E-state index in [0.29, 0.717) is 38.3 Å². The van der Waals surface area contributed by atoms with E-state index in [1.807, 2.05) is 32.0 Å². The van der Waals surface area contributed by atoms with Crippen molar-refractivity contribution in [3.05, 3.63) is 58.8 Å². The van der Waals surface area contributed by atoms with E-state index in [4.69, 9.17) is 15.2 Å². The van der Waals surface area contributed by atoms with E-state index >= 15 is 0 Å². The van der Waals surface area contributed by atoms with Crippen LogP contribution < -0.4 is 20.5 Å². The van der Waals surface area contributed by atoms with Crippen LogP contribution in [0.1, 0.15) is 54.4 Å². The van der Waals surface area contributed by atoms with Gasteiger partial charge >= 0.3 is 0 Å². The summed E-state index contributed by atoms with van der Waals surface area (Å²) in [7, 11) is 0. The molecule has 0 aliphatic heterocycles. The van der Waals surface area contributed by atoms with Gasteiger partial charge in [0.1, 0.15) is 6.61 Å². The maximum Gasteiger partial charge on any atom is 0.250 e. The van der Waals surface area contributed by atoms with Crippen LogP contribution in [-0.4, -0.2) is 48.0 Å². The molecule has 0 aliphatic carbocycles. The van der Waals surface area contributed by atoms with Gasteiger partial charge in [0, 0.05) is 36.8 Å². The highest BCUT2D eigenvalue weighted by atomic mass is 16.5. The number of ether oxygens (including phenoxy) is 2. The molecule has 3 aromatic rings. The van der Waals surface area contributed by atoms with Gasteiger partial charge in [0.2, 0.25) is 0 Å². The van der Waals surface area contributed by atoms with E-state index in [-0.39, 0.29) is 12.6 Å². The summed E-state index contributed by atoms with van der Waals surface area (Å²) in [6, 6.07) is 12.4. The fraction of sp³-hybridized carbons (Fsp3) is 0.464. The number of aryl methyl sites for hydroxylation is 3. The number of nitrogens with one attached hydrogen (secondary N) is 1. The minimum Gasteiger partial charge on any atom is -0.490 e. The van der Waals surface area contributed by atoms with Gasteiger partial charge in [-0.2, -0.15) is 0 Å². The number of primary amides is 1. The molecule has 1 heterocycles. The predicted molar refractivity (Wildman–Crippen MR) is 141 cm³/mol. The van der Waals surface area contributed by atoms with E-state index < -0.39 is 5.91 Å². The number of rotatable bonds is 14. The average molecular weight is 482 g/mol. The first-order chi connectivity index (χ1) is 16.9. The number of benzene rings is 2. The largest absolute Gasteiger partial charge is 0.490 e. The number of aliphatic hydroxyl groups excluding tert-OH is 1. The van der Waals surface area contributed by atoms with Crippen molar-refractivity contribution in [1.29, 1.82) is 0 Å². The van der Waals surface area contributed by atoms with E-state index in [9.17, 15) is 9.90 Å². The first-order valence-electron chi connectivity index (χ1n) is 12.5. The van der Waals surface area contributed by atoms with Gasteiger partial charge in [0.25, 0.3) is 5.91 Å². The second-order valence-electron chi connectivity index (χ2n) is 8.94.